The third-order valence-electron chi connectivity index (χ3n) is 3.40. The average molecular weight is 403 g/mol. The maximum Gasteiger partial charge on any atom is 0.233 e. The van der Waals surface area contributed by atoms with Gasteiger partial charge in [-0.15, -0.1) is 11.8 Å². The number of hydrogen-bond acceptors (Lipinski definition) is 6. The highest BCUT2D eigenvalue weighted by molar-refractivity contribution is 8.00. The monoisotopic (exact) mass is 402 g/mol. The second-order valence-electron chi connectivity index (χ2n) is 7.14. The molecule has 9 heteroatoms. The minimum Gasteiger partial charge on any atom is -0.355 e. The lowest BCUT2D eigenvalue weighted by molar-refractivity contribution is -0.126. The van der Waals surface area contributed by atoms with Crippen molar-refractivity contribution in [3.8, 4) is 0 Å². The molecule has 0 aromatic carbocycles. The van der Waals surface area contributed by atoms with E-state index in [1.54, 1.807) is 0 Å². The Bertz CT molecular complexity index is 458. The Balaban J connectivity index is 4.52. The molecule has 27 heavy (non-hydrogen) atoms. The highest BCUT2D eigenvalue weighted by Gasteiger charge is 2.22. The van der Waals surface area contributed by atoms with Crippen molar-refractivity contribution in [3.05, 3.63) is 6.42 Å². The lowest BCUT2D eigenvalue weighted by Crippen LogP contribution is -2.40. The van der Waals surface area contributed by atoms with E-state index in [1.807, 2.05) is 51.8 Å². The van der Waals surface area contributed by atoms with Crippen molar-refractivity contribution >= 4 is 29.5 Å². The van der Waals surface area contributed by atoms with Gasteiger partial charge in [0.25, 0.3) is 0 Å². The molecule has 8 nitrogen and oxygen atoms in total. The summed E-state index contributed by atoms with van der Waals surface area (Å²) in [5, 5.41) is 7.93. The molecule has 1 radical (unpaired) electrons. The molecule has 0 aromatic heterocycles. The van der Waals surface area contributed by atoms with Crippen LogP contribution in [0.1, 0.15) is 20.3 Å². The predicted molar refractivity (Wildman–Crippen MR) is 112 cm³/mol. The number of nitrogens with zero attached hydrogens (tertiary/aromatic N) is 2. The fourth-order valence-electron chi connectivity index (χ4n) is 1.99. The van der Waals surface area contributed by atoms with Crippen molar-refractivity contribution < 1.29 is 14.4 Å². The Hall–Kier alpha value is -1.32. The maximum atomic E-state index is 12.4. The first-order chi connectivity index (χ1) is 12.6. The van der Waals surface area contributed by atoms with E-state index in [1.165, 1.54) is 18.2 Å². The van der Waals surface area contributed by atoms with Crippen LogP contribution in [0.25, 0.3) is 0 Å². The molecule has 0 aromatic rings. The van der Waals surface area contributed by atoms with Crippen molar-refractivity contribution in [1.82, 2.24) is 25.8 Å². The number of likely N-dealkylation sites (N-methyl/N-ethyl adjacent to an activating group) is 2. The van der Waals surface area contributed by atoms with Gasteiger partial charge in [0.2, 0.25) is 17.7 Å². The first-order valence-corrected chi connectivity index (χ1v) is 10.3. The Morgan fingerprint density at radius 3 is 2.04 bits per heavy atom. The van der Waals surface area contributed by atoms with Crippen LogP contribution in [-0.2, 0) is 14.4 Å². The lowest BCUT2D eigenvalue weighted by atomic mass is 10.2. The highest BCUT2D eigenvalue weighted by Crippen LogP contribution is 2.16. The summed E-state index contributed by atoms with van der Waals surface area (Å²) in [5.74, 6) is -0.138. The number of amides is 3. The molecule has 0 rings (SSSR count). The van der Waals surface area contributed by atoms with E-state index >= 15 is 0 Å². The summed E-state index contributed by atoms with van der Waals surface area (Å²) in [7, 11) is 7.72. The van der Waals surface area contributed by atoms with E-state index in [4.69, 9.17) is 0 Å². The zero-order chi connectivity index (χ0) is 20.8. The predicted octanol–water partition coefficient (Wildman–Crippen LogP) is -0.437. The molecule has 1 unspecified atom stereocenters. The number of thioether (sulfide) groups is 1. The second-order valence-corrected chi connectivity index (χ2v) is 8.38. The van der Waals surface area contributed by atoms with Crippen molar-refractivity contribution in [3.63, 3.8) is 0 Å². The minimum absolute atomic E-state index is 0.0614. The van der Waals surface area contributed by atoms with Crippen LogP contribution in [-0.4, -0.2) is 98.9 Å². The summed E-state index contributed by atoms with van der Waals surface area (Å²) in [5.41, 5.74) is 0. The van der Waals surface area contributed by atoms with E-state index in [0.717, 1.165) is 13.1 Å². The van der Waals surface area contributed by atoms with Crippen molar-refractivity contribution in [1.29, 1.82) is 0 Å². The number of hydrogen-bond donors (Lipinski definition) is 3. The van der Waals surface area contributed by atoms with Crippen molar-refractivity contribution in [2.45, 2.75) is 31.6 Å². The molecule has 3 amide bonds. The molecule has 0 spiro atoms. The summed E-state index contributed by atoms with van der Waals surface area (Å²) in [6, 6.07) is 0.0614. The quantitative estimate of drug-likeness (QED) is 0.365. The zero-order valence-corrected chi connectivity index (χ0v) is 18.3. The first-order valence-electron chi connectivity index (χ1n) is 9.21. The number of carbonyl (C=O) groups is 3. The molecular formula is C18H36N5O3S. The molecule has 0 aliphatic carbocycles. The molecule has 157 valence electrons. The Labute approximate surface area is 168 Å². The van der Waals surface area contributed by atoms with E-state index < -0.39 is 5.25 Å². The third-order valence-corrected chi connectivity index (χ3v) is 4.54. The molecule has 0 bridgehead atoms. The van der Waals surface area contributed by atoms with Gasteiger partial charge in [-0.25, -0.2) is 0 Å². The van der Waals surface area contributed by atoms with Crippen molar-refractivity contribution in [2.75, 3.05) is 60.1 Å². The van der Waals surface area contributed by atoms with E-state index in [2.05, 4.69) is 16.0 Å². The van der Waals surface area contributed by atoms with Gasteiger partial charge in [-0.1, -0.05) is 0 Å². The second kappa shape index (κ2) is 14.7. The largest absolute Gasteiger partial charge is 0.355 e. The van der Waals surface area contributed by atoms with E-state index in [0.29, 0.717) is 18.8 Å². The van der Waals surface area contributed by atoms with Gasteiger partial charge in [0.1, 0.15) is 0 Å². The van der Waals surface area contributed by atoms with Gasteiger partial charge in [0, 0.05) is 44.4 Å². The van der Waals surface area contributed by atoms with Crippen LogP contribution in [0, 0.1) is 6.42 Å². The summed E-state index contributed by atoms with van der Waals surface area (Å²) < 4.78 is 0. The maximum absolute atomic E-state index is 12.4. The standard InChI is InChI=1S/C18H36N5O3S/c1-14(2)21-16(24)7-12-27-15(18(26)20-9-11-23(5)6)13-17(25)19-8-10-22(3)4/h7,14-15H,8-13H2,1-6H3,(H,19,25)(H,20,26)(H,21,24). The summed E-state index contributed by atoms with van der Waals surface area (Å²) in [6.07, 6.45) is 1.60. The van der Waals surface area contributed by atoms with Gasteiger partial charge in [-0.3, -0.25) is 14.4 Å². The van der Waals surface area contributed by atoms with Crippen LogP contribution in [0.15, 0.2) is 0 Å². The number of rotatable bonds is 14. The molecule has 0 aliphatic heterocycles. The number of carbonyl (C=O) groups excluding carboxylic acids is 3. The van der Waals surface area contributed by atoms with E-state index in [-0.39, 0.29) is 30.2 Å². The molecule has 0 fully saturated rings. The fourth-order valence-corrected chi connectivity index (χ4v) is 2.97. The summed E-state index contributed by atoms with van der Waals surface area (Å²) in [4.78, 5) is 40.2. The lowest BCUT2D eigenvalue weighted by Gasteiger charge is -2.18. The normalized spacial score (nSPS) is 12.3. The van der Waals surface area contributed by atoms with Gasteiger partial charge >= 0.3 is 0 Å². The fraction of sp³-hybridized carbons (Fsp3) is 0.778. The Morgan fingerprint density at radius 1 is 0.963 bits per heavy atom. The summed E-state index contributed by atoms with van der Waals surface area (Å²) in [6.45, 7) is 6.29. The molecular weight excluding hydrogens is 366 g/mol. The topological polar surface area (TPSA) is 93.8 Å². The third kappa shape index (κ3) is 15.4. The molecule has 0 saturated carbocycles. The van der Waals surface area contributed by atoms with Gasteiger partial charge in [-0.05, 0) is 42.0 Å². The highest BCUT2D eigenvalue weighted by atomic mass is 32.2. The van der Waals surface area contributed by atoms with Crippen LogP contribution in [0.4, 0.5) is 0 Å². The number of nitrogens with one attached hydrogen (secondary N) is 3. The van der Waals surface area contributed by atoms with Gasteiger partial charge in [0.15, 0.2) is 0 Å². The van der Waals surface area contributed by atoms with Crippen molar-refractivity contribution in [2.24, 2.45) is 0 Å². The van der Waals surface area contributed by atoms with Gasteiger partial charge in [-0.2, -0.15) is 0 Å². The van der Waals surface area contributed by atoms with Gasteiger partial charge in [0.05, 0.1) is 11.7 Å². The van der Waals surface area contributed by atoms with Crippen LogP contribution in [0.2, 0.25) is 0 Å². The van der Waals surface area contributed by atoms with Crippen LogP contribution in [0.3, 0.4) is 0 Å². The van der Waals surface area contributed by atoms with Gasteiger partial charge < -0.3 is 25.8 Å². The Morgan fingerprint density at radius 2 is 1.52 bits per heavy atom. The molecule has 0 heterocycles. The molecule has 0 aliphatic rings. The SMILES string of the molecule is CC(C)NC(=O)[CH]CSC(CC(=O)NCCN(C)C)C(=O)NCCN(C)C. The molecule has 3 N–H and O–H groups in total. The van der Waals surface area contributed by atoms with E-state index in [9.17, 15) is 14.4 Å². The average Bonchev–Trinajstić information content (AvgIpc) is 2.52. The molecule has 0 saturated heterocycles. The van der Waals surface area contributed by atoms with Crippen LogP contribution < -0.4 is 16.0 Å². The smallest absolute Gasteiger partial charge is 0.233 e. The first kappa shape index (κ1) is 25.7. The molecule has 1 atom stereocenters. The van der Waals surface area contributed by atoms with Crippen LogP contribution >= 0.6 is 11.8 Å². The summed E-state index contributed by atoms with van der Waals surface area (Å²) >= 11 is 1.30. The zero-order valence-electron chi connectivity index (χ0n) is 17.5. The van der Waals surface area contributed by atoms with Crippen LogP contribution in [0.5, 0.6) is 0 Å². The minimum atomic E-state index is -0.533. The Kier molecular flexibility index (Phi) is 14.0.